The topological polar surface area (TPSA) is 16.8 Å². The highest BCUT2D eigenvalue weighted by molar-refractivity contribution is 5.68. The van der Waals surface area contributed by atoms with Crippen molar-refractivity contribution in [1.29, 1.82) is 0 Å². The van der Waals surface area contributed by atoms with Crippen LogP contribution < -0.4 is 4.57 Å². The fraction of sp³-hybridized carbons (Fsp3) is 0.200. The average molecular weight is 289 g/mol. The first-order valence-corrected chi connectivity index (χ1v) is 7.71. The van der Waals surface area contributed by atoms with Gasteiger partial charge in [0.2, 0.25) is 5.69 Å². The highest BCUT2D eigenvalue weighted by atomic mass is 14.9. The van der Waals surface area contributed by atoms with Gasteiger partial charge in [-0.05, 0) is 37.1 Å². The molecule has 2 nitrogen and oxygen atoms in total. The van der Waals surface area contributed by atoms with Gasteiger partial charge in [0.25, 0.3) is 0 Å². The van der Waals surface area contributed by atoms with E-state index in [-0.39, 0.29) is 0 Å². The molecule has 2 heteroatoms. The minimum absolute atomic E-state index is 0.957. The third kappa shape index (κ3) is 2.77. The van der Waals surface area contributed by atoms with E-state index < -0.39 is 0 Å². The van der Waals surface area contributed by atoms with E-state index >= 15 is 0 Å². The van der Waals surface area contributed by atoms with E-state index in [4.69, 9.17) is 4.98 Å². The number of hydrogen-bond acceptors (Lipinski definition) is 1. The number of aryl methyl sites for hydroxylation is 3. The van der Waals surface area contributed by atoms with Crippen molar-refractivity contribution in [1.82, 2.24) is 4.98 Å². The molecule has 0 aliphatic heterocycles. The van der Waals surface area contributed by atoms with Crippen LogP contribution in [0.1, 0.15) is 18.2 Å². The van der Waals surface area contributed by atoms with Gasteiger partial charge in [-0.3, -0.25) is 4.98 Å². The molecule has 110 valence electrons. The van der Waals surface area contributed by atoms with Crippen molar-refractivity contribution in [2.45, 2.75) is 20.3 Å². The second-order valence-corrected chi connectivity index (χ2v) is 5.59. The van der Waals surface area contributed by atoms with Crippen LogP contribution in [0, 0.1) is 6.92 Å². The zero-order chi connectivity index (χ0) is 15.5. The fourth-order valence-corrected chi connectivity index (χ4v) is 2.69. The molecule has 3 aromatic rings. The molecule has 0 amide bonds. The van der Waals surface area contributed by atoms with Crippen LogP contribution >= 0.6 is 0 Å². The lowest BCUT2D eigenvalue weighted by molar-refractivity contribution is -0.660. The molecule has 0 aliphatic carbocycles. The lowest BCUT2D eigenvalue weighted by Gasteiger charge is -2.07. The van der Waals surface area contributed by atoms with Gasteiger partial charge in [-0.15, -0.1) is 0 Å². The van der Waals surface area contributed by atoms with Crippen LogP contribution in [-0.2, 0) is 13.5 Å². The molecule has 0 radical (unpaired) electrons. The van der Waals surface area contributed by atoms with Crippen molar-refractivity contribution in [2.75, 3.05) is 0 Å². The van der Waals surface area contributed by atoms with Crippen LogP contribution in [0.3, 0.4) is 0 Å². The second kappa shape index (κ2) is 6.10. The van der Waals surface area contributed by atoms with Crippen molar-refractivity contribution < 1.29 is 4.57 Å². The van der Waals surface area contributed by atoms with Crippen LogP contribution in [0.2, 0.25) is 0 Å². The summed E-state index contributed by atoms with van der Waals surface area (Å²) in [7, 11) is 2.08. The first-order chi connectivity index (χ1) is 10.7. The SMILES string of the molecule is CCc1cccc(-c2cc[n+](C)c(-c3ccccc3C)c2)n1. The van der Waals surface area contributed by atoms with Gasteiger partial charge < -0.3 is 0 Å². The first kappa shape index (κ1) is 14.5. The van der Waals surface area contributed by atoms with E-state index in [9.17, 15) is 0 Å². The van der Waals surface area contributed by atoms with Gasteiger partial charge >= 0.3 is 0 Å². The monoisotopic (exact) mass is 289 g/mol. The lowest BCUT2D eigenvalue weighted by atomic mass is 10.0. The van der Waals surface area contributed by atoms with Gasteiger partial charge in [-0.2, -0.15) is 0 Å². The summed E-state index contributed by atoms with van der Waals surface area (Å²) < 4.78 is 2.16. The quantitative estimate of drug-likeness (QED) is 0.663. The maximum atomic E-state index is 4.74. The van der Waals surface area contributed by atoms with Gasteiger partial charge in [0, 0.05) is 29.0 Å². The Kier molecular flexibility index (Phi) is 4.01. The van der Waals surface area contributed by atoms with Crippen LogP contribution in [0.5, 0.6) is 0 Å². The number of rotatable bonds is 3. The van der Waals surface area contributed by atoms with E-state index in [1.165, 1.54) is 16.8 Å². The van der Waals surface area contributed by atoms with E-state index in [1.807, 2.05) is 0 Å². The first-order valence-electron chi connectivity index (χ1n) is 7.71. The summed E-state index contributed by atoms with van der Waals surface area (Å²) in [5.74, 6) is 0. The molecule has 1 aromatic carbocycles. The van der Waals surface area contributed by atoms with Crippen molar-refractivity contribution >= 4 is 0 Å². The van der Waals surface area contributed by atoms with Crippen LogP contribution in [0.15, 0.2) is 60.8 Å². The Morgan fingerprint density at radius 2 is 1.82 bits per heavy atom. The molecular formula is C20H21N2+. The number of aromatic nitrogens is 2. The summed E-state index contributed by atoms with van der Waals surface area (Å²) in [5, 5.41) is 0. The largest absolute Gasteiger partial charge is 0.253 e. The van der Waals surface area contributed by atoms with Gasteiger partial charge in [0.1, 0.15) is 7.05 Å². The Morgan fingerprint density at radius 1 is 1.00 bits per heavy atom. The minimum Gasteiger partial charge on any atom is -0.253 e. The maximum absolute atomic E-state index is 4.74. The van der Waals surface area contributed by atoms with Gasteiger partial charge in [0.05, 0.1) is 5.69 Å². The molecular weight excluding hydrogens is 268 g/mol. The highest BCUT2D eigenvalue weighted by Gasteiger charge is 2.14. The van der Waals surface area contributed by atoms with Crippen LogP contribution in [0.4, 0.5) is 0 Å². The highest BCUT2D eigenvalue weighted by Crippen LogP contribution is 2.24. The molecule has 22 heavy (non-hydrogen) atoms. The molecule has 2 aromatic heterocycles. The van der Waals surface area contributed by atoms with Crippen LogP contribution in [-0.4, -0.2) is 4.98 Å². The third-order valence-electron chi connectivity index (χ3n) is 4.04. The summed E-state index contributed by atoms with van der Waals surface area (Å²) in [5.41, 5.74) is 7.08. The number of benzene rings is 1. The predicted molar refractivity (Wildman–Crippen MR) is 90.4 cm³/mol. The van der Waals surface area contributed by atoms with Crippen molar-refractivity contribution in [3.05, 3.63) is 72.1 Å². The number of nitrogens with zero attached hydrogens (tertiary/aromatic N) is 2. The maximum Gasteiger partial charge on any atom is 0.213 e. The normalized spacial score (nSPS) is 10.7. The molecule has 0 spiro atoms. The Labute approximate surface area is 132 Å². The zero-order valence-electron chi connectivity index (χ0n) is 13.4. The molecule has 0 atom stereocenters. The third-order valence-corrected chi connectivity index (χ3v) is 4.04. The smallest absolute Gasteiger partial charge is 0.213 e. The summed E-state index contributed by atoms with van der Waals surface area (Å²) in [6, 6.07) is 19.1. The Bertz CT molecular complexity index is 806. The Morgan fingerprint density at radius 3 is 2.59 bits per heavy atom. The van der Waals surface area contributed by atoms with Gasteiger partial charge in [-0.25, -0.2) is 4.57 Å². The molecule has 0 unspecified atom stereocenters. The molecule has 0 N–H and O–H groups in total. The molecule has 0 bridgehead atoms. The molecule has 3 rings (SSSR count). The van der Waals surface area contributed by atoms with E-state index in [0.717, 1.165) is 23.4 Å². The van der Waals surface area contributed by atoms with E-state index in [0.29, 0.717) is 0 Å². The molecule has 2 heterocycles. The standard InChI is InChI=1S/C20H21N2/c1-4-17-9-7-11-19(21-17)16-12-13-22(3)20(14-16)18-10-6-5-8-15(18)2/h5-14H,4H2,1-3H3/q+1. The van der Waals surface area contributed by atoms with Crippen LogP contribution in [0.25, 0.3) is 22.5 Å². The summed E-state index contributed by atoms with van der Waals surface area (Å²) in [4.78, 5) is 4.74. The van der Waals surface area contributed by atoms with Crippen molar-refractivity contribution in [3.8, 4) is 22.5 Å². The van der Waals surface area contributed by atoms with Crippen molar-refractivity contribution in [2.24, 2.45) is 7.05 Å². The minimum atomic E-state index is 0.957. The Hall–Kier alpha value is -2.48. The summed E-state index contributed by atoms with van der Waals surface area (Å²) in [6.45, 7) is 4.29. The fourth-order valence-electron chi connectivity index (χ4n) is 2.69. The average Bonchev–Trinajstić information content (AvgIpc) is 2.56. The molecule has 0 aliphatic rings. The zero-order valence-corrected chi connectivity index (χ0v) is 13.4. The summed E-state index contributed by atoms with van der Waals surface area (Å²) >= 11 is 0. The van der Waals surface area contributed by atoms with Gasteiger partial charge in [-0.1, -0.05) is 31.2 Å². The Balaban J connectivity index is 2.12. The van der Waals surface area contributed by atoms with Crippen molar-refractivity contribution in [3.63, 3.8) is 0 Å². The number of hydrogen-bond donors (Lipinski definition) is 0. The van der Waals surface area contributed by atoms with E-state index in [1.54, 1.807) is 0 Å². The second-order valence-electron chi connectivity index (χ2n) is 5.59. The molecule has 0 saturated carbocycles. The summed E-state index contributed by atoms with van der Waals surface area (Å²) in [6.07, 6.45) is 3.07. The van der Waals surface area contributed by atoms with E-state index in [2.05, 4.69) is 86.3 Å². The molecule has 0 saturated heterocycles. The predicted octanol–water partition coefficient (Wildman–Crippen LogP) is 4.11. The number of pyridine rings is 2. The lowest BCUT2D eigenvalue weighted by Crippen LogP contribution is -2.30. The van der Waals surface area contributed by atoms with Gasteiger partial charge in [0.15, 0.2) is 6.20 Å². The molecule has 0 fully saturated rings.